The van der Waals surface area contributed by atoms with Gasteiger partial charge in [-0.2, -0.15) is 0 Å². The largest absolute Gasteiger partial charge is 0.508 e. The normalized spacial score (nSPS) is 17.4. The van der Waals surface area contributed by atoms with Crippen molar-refractivity contribution in [3.05, 3.63) is 64.1 Å². The number of phenolic OH excluding ortho intramolecular Hbond substituents is 1. The highest BCUT2D eigenvalue weighted by Crippen LogP contribution is 2.37. The Hall–Kier alpha value is -2.53. The molecule has 122 valence electrons. The number of amides is 1. The lowest BCUT2D eigenvalue weighted by Crippen LogP contribution is -2.21. The van der Waals surface area contributed by atoms with Gasteiger partial charge in [0.25, 0.3) is 0 Å². The molecule has 0 radical (unpaired) electrons. The number of hydrogen-bond donors (Lipinski definition) is 2. The molecule has 1 unspecified atom stereocenters. The third-order valence-electron chi connectivity index (χ3n) is 4.41. The van der Waals surface area contributed by atoms with Crippen LogP contribution in [0.4, 0.5) is 0 Å². The van der Waals surface area contributed by atoms with Crippen LogP contribution in [-0.2, 0) is 11.3 Å². The van der Waals surface area contributed by atoms with Crippen molar-refractivity contribution in [1.29, 1.82) is 0 Å². The second-order valence-electron chi connectivity index (χ2n) is 6.12. The zero-order chi connectivity index (χ0) is 16.8. The van der Waals surface area contributed by atoms with E-state index in [1.165, 1.54) is 6.07 Å². The Morgan fingerprint density at radius 2 is 2.17 bits per heavy atom. The summed E-state index contributed by atoms with van der Waals surface area (Å²) in [5.74, 6) is -0.146. The highest BCUT2D eigenvalue weighted by molar-refractivity contribution is 6.31. The van der Waals surface area contributed by atoms with Crippen LogP contribution in [0, 0.1) is 6.92 Å². The molecule has 1 aromatic carbocycles. The van der Waals surface area contributed by atoms with Crippen molar-refractivity contribution in [2.24, 2.45) is 0 Å². The van der Waals surface area contributed by atoms with Gasteiger partial charge in [0.2, 0.25) is 5.91 Å². The van der Waals surface area contributed by atoms with E-state index in [9.17, 15) is 9.90 Å². The summed E-state index contributed by atoms with van der Waals surface area (Å²) in [6, 6.07) is 8.87. The van der Waals surface area contributed by atoms with Gasteiger partial charge in [0.05, 0.1) is 17.9 Å². The number of carbonyl (C=O) groups excluding carboxylic acids is 1. The number of carbonyl (C=O) groups is 1. The molecule has 0 saturated heterocycles. The average molecular weight is 342 g/mol. The summed E-state index contributed by atoms with van der Waals surface area (Å²) in [4.78, 5) is 16.8. The Kier molecular flexibility index (Phi) is 3.46. The number of fused-ring (bicyclic) bond motifs is 3. The van der Waals surface area contributed by atoms with Gasteiger partial charge >= 0.3 is 0 Å². The molecule has 5 nitrogen and oxygen atoms in total. The van der Waals surface area contributed by atoms with E-state index in [1.807, 2.05) is 29.7 Å². The molecule has 0 saturated carbocycles. The molecule has 1 atom stereocenters. The first kappa shape index (κ1) is 15.0. The molecule has 24 heavy (non-hydrogen) atoms. The number of nitrogens with one attached hydrogen (secondary N) is 1. The molecule has 0 spiro atoms. The van der Waals surface area contributed by atoms with E-state index in [2.05, 4.69) is 10.3 Å². The number of phenols is 1. The lowest BCUT2D eigenvalue weighted by atomic mass is 9.91. The van der Waals surface area contributed by atoms with E-state index in [0.29, 0.717) is 18.0 Å². The summed E-state index contributed by atoms with van der Waals surface area (Å²) in [6.45, 7) is 2.43. The lowest BCUT2D eigenvalue weighted by molar-refractivity contribution is -0.121. The smallest absolute Gasteiger partial charge is 0.221 e. The van der Waals surface area contributed by atoms with Crippen LogP contribution in [0.2, 0.25) is 5.02 Å². The number of nitrogens with zero attached hydrogens (tertiary/aromatic N) is 2. The Labute approximate surface area is 143 Å². The van der Waals surface area contributed by atoms with Gasteiger partial charge in [0.15, 0.2) is 0 Å². The molecule has 2 N–H and O–H groups in total. The Balaban J connectivity index is 1.98. The van der Waals surface area contributed by atoms with Gasteiger partial charge in [0, 0.05) is 23.6 Å². The zero-order valence-electron chi connectivity index (χ0n) is 13.1. The van der Waals surface area contributed by atoms with Gasteiger partial charge in [-0.15, -0.1) is 0 Å². The Morgan fingerprint density at radius 3 is 2.96 bits per heavy atom. The zero-order valence-corrected chi connectivity index (χ0v) is 13.8. The van der Waals surface area contributed by atoms with Gasteiger partial charge in [-0.25, -0.2) is 4.98 Å². The van der Waals surface area contributed by atoms with Crippen LogP contribution in [0.3, 0.4) is 0 Å². The molecule has 1 amide bonds. The summed E-state index contributed by atoms with van der Waals surface area (Å²) in [6.07, 6.45) is 2.32. The predicted molar refractivity (Wildman–Crippen MR) is 91.4 cm³/mol. The maximum Gasteiger partial charge on any atom is 0.221 e. The SMILES string of the molecule is Cc1ccc2nc3c(n2c1)C(c1ccc(O)cc1Cl)CC(=O)NC3. The first-order chi connectivity index (χ1) is 11.5. The molecule has 4 rings (SSSR count). The quantitative estimate of drug-likeness (QED) is 0.714. The number of benzene rings is 1. The average Bonchev–Trinajstić information content (AvgIpc) is 2.80. The second-order valence-corrected chi connectivity index (χ2v) is 6.52. The van der Waals surface area contributed by atoms with Gasteiger partial charge in [-0.3, -0.25) is 4.79 Å². The van der Waals surface area contributed by atoms with Crippen molar-refractivity contribution >= 4 is 23.2 Å². The first-order valence-electron chi connectivity index (χ1n) is 7.75. The number of aryl methyl sites for hydroxylation is 1. The maximum absolute atomic E-state index is 12.2. The number of imidazole rings is 1. The highest BCUT2D eigenvalue weighted by atomic mass is 35.5. The number of aromatic hydroxyl groups is 1. The molecule has 0 aliphatic carbocycles. The molecule has 3 aromatic rings. The standard InChI is InChI=1S/C18H16ClN3O2/c1-10-2-5-16-21-15-8-20-17(24)7-13(18(15)22(16)9-10)12-4-3-11(23)6-14(12)19/h2-6,9,13,23H,7-8H2,1H3,(H,20,24). The van der Waals surface area contributed by atoms with Crippen LogP contribution in [0.15, 0.2) is 36.5 Å². The van der Waals surface area contributed by atoms with Crippen molar-refractivity contribution in [3.8, 4) is 5.75 Å². The van der Waals surface area contributed by atoms with Crippen molar-refractivity contribution in [2.45, 2.75) is 25.8 Å². The summed E-state index contributed by atoms with van der Waals surface area (Å²) in [5.41, 5.74) is 4.60. The number of hydrogen-bond acceptors (Lipinski definition) is 3. The van der Waals surface area contributed by atoms with Gasteiger partial charge < -0.3 is 14.8 Å². The fourth-order valence-corrected chi connectivity index (χ4v) is 3.62. The van der Waals surface area contributed by atoms with Crippen LogP contribution >= 0.6 is 11.6 Å². The fraction of sp³-hybridized carbons (Fsp3) is 0.222. The molecule has 1 aliphatic rings. The summed E-state index contributed by atoms with van der Waals surface area (Å²) < 4.78 is 2.04. The Morgan fingerprint density at radius 1 is 1.33 bits per heavy atom. The molecule has 2 aromatic heterocycles. The van der Waals surface area contributed by atoms with Gasteiger partial charge in [-0.05, 0) is 36.2 Å². The third kappa shape index (κ3) is 2.41. The summed E-state index contributed by atoms with van der Waals surface area (Å²) >= 11 is 6.36. The molecule has 3 heterocycles. The van der Waals surface area contributed by atoms with Crippen LogP contribution in [-0.4, -0.2) is 20.4 Å². The molecular formula is C18H16ClN3O2. The molecule has 0 fully saturated rings. The van der Waals surface area contributed by atoms with E-state index in [-0.39, 0.29) is 17.6 Å². The topological polar surface area (TPSA) is 66.6 Å². The number of pyridine rings is 1. The minimum atomic E-state index is -0.215. The van der Waals surface area contributed by atoms with E-state index in [1.54, 1.807) is 12.1 Å². The third-order valence-corrected chi connectivity index (χ3v) is 4.74. The van der Waals surface area contributed by atoms with E-state index in [4.69, 9.17) is 11.6 Å². The molecular weight excluding hydrogens is 326 g/mol. The van der Waals surface area contributed by atoms with E-state index >= 15 is 0 Å². The first-order valence-corrected chi connectivity index (χ1v) is 8.13. The maximum atomic E-state index is 12.2. The predicted octanol–water partition coefficient (Wildman–Crippen LogP) is 3.15. The van der Waals surface area contributed by atoms with Crippen molar-refractivity contribution in [3.63, 3.8) is 0 Å². The van der Waals surface area contributed by atoms with E-state index in [0.717, 1.165) is 28.2 Å². The number of rotatable bonds is 1. The molecule has 6 heteroatoms. The van der Waals surface area contributed by atoms with Crippen LogP contribution in [0.25, 0.3) is 5.65 Å². The van der Waals surface area contributed by atoms with Crippen molar-refractivity contribution < 1.29 is 9.90 Å². The Bertz CT molecular complexity index is 964. The van der Waals surface area contributed by atoms with Crippen LogP contribution in [0.5, 0.6) is 5.75 Å². The van der Waals surface area contributed by atoms with Gasteiger partial charge in [-0.1, -0.05) is 23.7 Å². The van der Waals surface area contributed by atoms with E-state index < -0.39 is 0 Å². The number of aromatic nitrogens is 2. The van der Waals surface area contributed by atoms with Crippen LogP contribution < -0.4 is 5.32 Å². The lowest BCUT2D eigenvalue weighted by Gasteiger charge is -2.17. The van der Waals surface area contributed by atoms with Crippen molar-refractivity contribution in [1.82, 2.24) is 14.7 Å². The monoisotopic (exact) mass is 341 g/mol. The van der Waals surface area contributed by atoms with Crippen LogP contribution in [0.1, 0.15) is 34.9 Å². The molecule has 1 aliphatic heterocycles. The fourth-order valence-electron chi connectivity index (χ4n) is 3.31. The summed E-state index contributed by atoms with van der Waals surface area (Å²) in [7, 11) is 0. The van der Waals surface area contributed by atoms with Gasteiger partial charge in [0.1, 0.15) is 11.4 Å². The molecule has 0 bridgehead atoms. The minimum absolute atomic E-state index is 0.0384. The van der Waals surface area contributed by atoms with Crippen molar-refractivity contribution in [2.75, 3.05) is 0 Å². The highest BCUT2D eigenvalue weighted by Gasteiger charge is 2.30. The second kappa shape index (κ2) is 5.53. The minimum Gasteiger partial charge on any atom is -0.508 e. The summed E-state index contributed by atoms with van der Waals surface area (Å²) in [5, 5.41) is 13.0. The number of halogens is 1.